The van der Waals surface area contributed by atoms with Crippen LogP contribution in [0.1, 0.15) is 0 Å². The Kier molecular flexibility index (Phi) is 6.72. The molecular formula is C14H14F3N5O3S. The highest BCUT2D eigenvalue weighted by atomic mass is 32.1. The normalized spacial score (nSPS) is 16.7. The van der Waals surface area contributed by atoms with Crippen LogP contribution in [-0.2, 0) is 9.53 Å². The van der Waals surface area contributed by atoms with Gasteiger partial charge in [-0.1, -0.05) is 12.2 Å². The van der Waals surface area contributed by atoms with Gasteiger partial charge in [0.25, 0.3) is 6.43 Å². The number of nitrogens with one attached hydrogen (secondary N) is 3. The van der Waals surface area contributed by atoms with Crippen LogP contribution in [0, 0.1) is 5.82 Å². The Morgan fingerprint density at radius 1 is 1.46 bits per heavy atom. The van der Waals surface area contributed by atoms with Crippen LogP contribution in [0.4, 0.5) is 29.3 Å². The smallest absolute Gasteiger partial charge is 0.414 e. The predicted molar refractivity (Wildman–Crippen MR) is 91.1 cm³/mol. The maximum absolute atomic E-state index is 14.1. The van der Waals surface area contributed by atoms with E-state index in [4.69, 9.17) is 4.74 Å². The van der Waals surface area contributed by atoms with Crippen LogP contribution in [0.5, 0.6) is 0 Å². The molecule has 140 valence electrons. The topological polar surface area (TPSA) is 95.1 Å². The maximum atomic E-state index is 14.1. The van der Waals surface area contributed by atoms with Gasteiger partial charge in [-0.25, -0.2) is 23.0 Å². The van der Waals surface area contributed by atoms with Crippen molar-refractivity contribution in [3.8, 4) is 0 Å². The van der Waals surface area contributed by atoms with E-state index in [0.29, 0.717) is 6.41 Å². The van der Waals surface area contributed by atoms with Gasteiger partial charge in [-0.05, 0) is 18.2 Å². The third-order valence-corrected chi connectivity index (χ3v) is 3.55. The molecule has 8 nitrogen and oxygen atoms in total. The van der Waals surface area contributed by atoms with Crippen molar-refractivity contribution in [1.82, 2.24) is 16.2 Å². The Bertz CT molecular complexity index is 719. The molecule has 1 aromatic rings. The van der Waals surface area contributed by atoms with E-state index >= 15 is 0 Å². The minimum absolute atomic E-state index is 0.0259. The van der Waals surface area contributed by atoms with Gasteiger partial charge in [-0.2, -0.15) is 0 Å². The summed E-state index contributed by atoms with van der Waals surface area (Å²) < 4.78 is 43.8. The number of carbonyl (C=O) groups excluding carboxylic acids is 2. The fourth-order valence-electron chi connectivity index (χ4n) is 2.07. The number of rotatable bonds is 8. The van der Waals surface area contributed by atoms with E-state index < -0.39 is 29.4 Å². The summed E-state index contributed by atoms with van der Waals surface area (Å²) in [6, 6.07) is 3.86. The molecule has 1 saturated heterocycles. The van der Waals surface area contributed by atoms with Crippen molar-refractivity contribution < 1.29 is 27.5 Å². The molecule has 1 fully saturated rings. The predicted octanol–water partition coefficient (Wildman–Crippen LogP) is 1.24. The molecule has 0 aromatic heterocycles. The third kappa shape index (κ3) is 5.05. The number of thiocarbonyl (C=S) groups is 1. The molecule has 2 amide bonds. The summed E-state index contributed by atoms with van der Waals surface area (Å²) in [6.07, 6.45) is -2.78. The van der Waals surface area contributed by atoms with Crippen LogP contribution in [0.15, 0.2) is 23.2 Å². The van der Waals surface area contributed by atoms with Crippen molar-refractivity contribution in [3.63, 3.8) is 0 Å². The number of cyclic esters (lactones) is 1. The lowest BCUT2D eigenvalue weighted by Crippen LogP contribution is -2.36. The molecule has 1 heterocycles. The van der Waals surface area contributed by atoms with E-state index in [1.54, 1.807) is 0 Å². The molecule has 26 heavy (non-hydrogen) atoms. The summed E-state index contributed by atoms with van der Waals surface area (Å²) in [4.78, 5) is 26.2. The van der Waals surface area contributed by atoms with E-state index in [1.807, 2.05) is 0 Å². The highest BCUT2D eigenvalue weighted by Gasteiger charge is 2.33. The minimum Gasteiger partial charge on any atom is -0.442 e. The van der Waals surface area contributed by atoms with Gasteiger partial charge in [0, 0.05) is 0 Å². The Morgan fingerprint density at radius 2 is 2.23 bits per heavy atom. The SMILES string of the molecule is O=CNNC=Nc1ccc(N2C[C@H](CNC(=S)C(F)F)OC2=O)cc1F. The van der Waals surface area contributed by atoms with Crippen molar-refractivity contribution in [2.24, 2.45) is 4.99 Å². The Hall–Kier alpha value is -2.89. The quantitative estimate of drug-likeness (QED) is 0.155. The largest absolute Gasteiger partial charge is 0.442 e. The van der Waals surface area contributed by atoms with Crippen molar-refractivity contribution >= 4 is 47.4 Å². The van der Waals surface area contributed by atoms with Gasteiger partial charge in [0.1, 0.15) is 23.1 Å². The van der Waals surface area contributed by atoms with E-state index in [0.717, 1.165) is 12.4 Å². The molecule has 12 heteroatoms. The number of aliphatic imine (C=N–C) groups is 1. The molecule has 0 aliphatic carbocycles. The number of ether oxygens (including phenoxy) is 1. The number of halogens is 3. The molecule has 0 unspecified atom stereocenters. The number of anilines is 1. The molecule has 1 aliphatic rings. The van der Waals surface area contributed by atoms with Crippen LogP contribution in [0.2, 0.25) is 0 Å². The van der Waals surface area contributed by atoms with Crippen molar-refractivity contribution in [2.75, 3.05) is 18.0 Å². The van der Waals surface area contributed by atoms with E-state index in [-0.39, 0.29) is 24.5 Å². The Morgan fingerprint density at radius 3 is 2.88 bits per heavy atom. The van der Waals surface area contributed by atoms with Gasteiger partial charge in [0.2, 0.25) is 6.41 Å². The second-order valence-electron chi connectivity index (χ2n) is 4.96. The fourth-order valence-corrected chi connectivity index (χ4v) is 2.16. The highest BCUT2D eigenvalue weighted by Crippen LogP contribution is 2.27. The van der Waals surface area contributed by atoms with Crippen LogP contribution in [-0.4, -0.2) is 49.4 Å². The molecule has 1 aromatic carbocycles. The first-order valence-electron chi connectivity index (χ1n) is 7.23. The average Bonchev–Trinajstić information content (AvgIpc) is 2.98. The molecule has 0 bridgehead atoms. The van der Waals surface area contributed by atoms with Gasteiger partial charge in [0.15, 0.2) is 5.82 Å². The Balaban J connectivity index is 1.99. The molecule has 0 radical (unpaired) electrons. The van der Waals surface area contributed by atoms with Crippen LogP contribution >= 0.6 is 12.2 Å². The van der Waals surface area contributed by atoms with Gasteiger partial charge >= 0.3 is 6.09 Å². The van der Waals surface area contributed by atoms with Gasteiger partial charge in [-0.3, -0.25) is 20.5 Å². The second kappa shape index (κ2) is 8.99. The van der Waals surface area contributed by atoms with Crippen LogP contribution < -0.4 is 21.1 Å². The molecule has 1 atom stereocenters. The summed E-state index contributed by atoms with van der Waals surface area (Å²) in [5.74, 6) is -0.708. The number of nitrogens with zero attached hydrogens (tertiary/aromatic N) is 2. The third-order valence-electron chi connectivity index (χ3n) is 3.23. The monoisotopic (exact) mass is 389 g/mol. The van der Waals surface area contributed by atoms with Crippen molar-refractivity contribution in [2.45, 2.75) is 12.5 Å². The number of hydrogen-bond acceptors (Lipinski definition) is 5. The van der Waals surface area contributed by atoms with Crippen molar-refractivity contribution in [1.29, 1.82) is 0 Å². The van der Waals surface area contributed by atoms with Gasteiger partial charge in [0.05, 0.1) is 18.8 Å². The molecule has 2 rings (SSSR count). The van der Waals surface area contributed by atoms with E-state index in [9.17, 15) is 22.8 Å². The summed E-state index contributed by atoms with van der Waals surface area (Å²) >= 11 is 4.44. The second-order valence-corrected chi connectivity index (χ2v) is 5.40. The number of alkyl halides is 2. The van der Waals surface area contributed by atoms with Crippen LogP contribution in [0.25, 0.3) is 0 Å². The van der Waals surface area contributed by atoms with Gasteiger partial charge in [-0.15, -0.1) is 0 Å². The van der Waals surface area contributed by atoms with Gasteiger partial charge < -0.3 is 10.1 Å². The molecular weight excluding hydrogens is 375 g/mol. The minimum atomic E-state index is -2.79. The van der Waals surface area contributed by atoms with E-state index in [1.165, 1.54) is 17.0 Å². The molecule has 3 N–H and O–H groups in total. The number of amides is 2. The standard InChI is InChI=1S/C14H14F3N5O3S/c15-10-3-8(1-2-11(10)19-6-20-21-7-23)22-5-9(25-14(22)24)4-18-13(26)12(16)17/h1-3,6-7,9,12H,4-5H2,(H,18,26)(H,19,20)(H,21,23)/t9-/m0/s1. The lowest BCUT2D eigenvalue weighted by Gasteiger charge is -2.14. The zero-order valence-electron chi connectivity index (χ0n) is 13.1. The van der Waals surface area contributed by atoms with E-state index in [2.05, 4.69) is 33.4 Å². The first kappa shape index (κ1) is 19.4. The zero-order chi connectivity index (χ0) is 19.1. The number of hydrogen-bond donors (Lipinski definition) is 3. The first-order valence-corrected chi connectivity index (χ1v) is 7.64. The fraction of sp³-hybridized carbons (Fsp3) is 0.286. The van der Waals surface area contributed by atoms with Crippen LogP contribution in [0.3, 0.4) is 0 Å². The number of carbonyl (C=O) groups is 2. The molecule has 1 aliphatic heterocycles. The Labute approximate surface area is 151 Å². The first-order chi connectivity index (χ1) is 12.4. The lowest BCUT2D eigenvalue weighted by atomic mass is 10.2. The lowest BCUT2D eigenvalue weighted by molar-refractivity contribution is -0.110. The molecule has 0 saturated carbocycles. The summed E-state index contributed by atoms with van der Waals surface area (Å²) in [7, 11) is 0. The summed E-state index contributed by atoms with van der Waals surface area (Å²) in [5.41, 5.74) is 4.59. The zero-order valence-corrected chi connectivity index (χ0v) is 13.9. The summed E-state index contributed by atoms with van der Waals surface area (Å²) in [6.45, 7) is -0.0315. The number of benzene rings is 1. The number of hydrazine groups is 1. The van der Waals surface area contributed by atoms with Crippen molar-refractivity contribution in [3.05, 3.63) is 24.0 Å². The molecule has 0 spiro atoms. The maximum Gasteiger partial charge on any atom is 0.414 e. The average molecular weight is 389 g/mol. The summed E-state index contributed by atoms with van der Waals surface area (Å²) in [5, 5.41) is 2.32. The highest BCUT2D eigenvalue weighted by molar-refractivity contribution is 7.80.